The lowest BCUT2D eigenvalue weighted by Gasteiger charge is -2.21. The molecule has 0 aliphatic carbocycles. The van der Waals surface area contributed by atoms with Crippen LogP contribution in [-0.2, 0) is 0 Å². The Morgan fingerprint density at radius 1 is 1.09 bits per heavy atom. The monoisotopic (exact) mass is 316 g/mol. The first-order valence-electron chi connectivity index (χ1n) is 8.78. The minimum atomic E-state index is -0.0102. The van der Waals surface area contributed by atoms with Crippen LogP contribution in [0.5, 0.6) is 0 Å². The van der Waals surface area contributed by atoms with E-state index in [0.29, 0.717) is 11.1 Å². The van der Waals surface area contributed by atoms with Crippen molar-refractivity contribution in [3.8, 4) is 0 Å². The van der Waals surface area contributed by atoms with Gasteiger partial charge in [0.05, 0.1) is 0 Å². The second kappa shape index (κ2) is 8.70. The van der Waals surface area contributed by atoms with Crippen molar-refractivity contribution in [3.05, 3.63) is 35.4 Å². The summed E-state index contributed by atoms with van der Waals surface area (Å²) in [6, 6.07) is 7.17. The fourth-order valence-corrected chi connectivity index (χ4v) is 2.96. The van der Waals surface area contributed by atoms with Crippen molar-refractivity contribution in [1.29, 1.82) is 0 Å². The van der Waals surface area contributed by atoms with E-state index in [0.717, 1.165) is 45.3 Å². The fraction of sp³-hybridized carbons (Fsp3) is 0.579. The highest BCUT2D eigenvalue weighted by atomic mass is 16.2. The number of carbonyl (C=O) groups excluding carboxylic acids is 2. The molecule has 0 bridgehead atoms. The van der Waals surface area contributed by atoms with E-state index >= 15 is 0 Å². The van der Waals surface area contributed by atoms with E-state index in [9.17, 15) is 9.59 Å². The summed E-state index contributed by atoms with van der Waals surface area (Å²) in [6.07, 6.45) is 6.60. The normalized spacial score (nSPS) is 15.1. The molecule has 2 amide bonds. The SMILES string of the molecule is CCCCN(C)C(=O)c1cccc(C(=O)N2CCCCCC2)c1. The second-order valence-electron chi connectivity index (χ2n) is 6.37. The molecule has 1 aromatic carbocycles. The summed E-state index contributed by atoms with van der Waals surface area (Å²) in [7, 11) is 1.82. The number of unbranched alkanes of at least 4 members (excludes halogenated alkanes) is 1. The molecule has 1 aromatic rings. The topological polar surface area (TPSA) is 40.6 Å². The molecule has 0 aromatic heterocycles. The summed E-state index contributed by atoms with van der Waals surface area (Å²) in [5, 5.41) is 0. The third kappa shape index (κ3) is 4.81. The lowest BCUT2D eigenvalue weighted by Crippen LogP contribution is -2.32. The van der Waals surface area contributed by atoms with E-state index in [1.54, 1.807) is 17.0 Å². The van der Waals surface area contributed by atoms with Gasteiger partial charge < -0.3 is 9.80 Å². The molecule has 1 aliphatic heterocycles. The predicted octanol–water partition coefficient (Wildman–Crippen LogP) is 3.57. The molecule has 0 atom stereocenters. The highest BCUT2D eigenvalue weighted by Crippen LogP contribution is 2.15. The molecular formula is C19H28N2O2. The van der Waals surface area contributed by atoms with Gasteiger partial charge in [-0.2, -0.15) is 0 Å². The maximum Gasteiger partial charge on any atom is 0.253 e. The van der Waals surface area contributed by atoms with Crippen LogP contribution in [0.4, 0.5) is 0 Å². The number of rotatable bonds is 5. The average Bonchev–Trinajstić information content (AvgIpc) is 2.87. The minimum absolute atomic E-state index is 0.0102. The zero-order valence-electron chi connectivity index (χ0n) is 14.4. The van der Waals surface area contributed by atoms with Gasteiger partial charge in [-0.1, -0.05) is 32.3 Å². The molecule has 1 saturated heterocycles. The third-order valence-corrected chi connectivity index (χ3v) is 4.44. The van der Waals surface area contributed by atoms with Crippen LogP contribution in [0.15, 0.2) is 24.3 Å². The first kappa shape index (κ1) is 17.5. The van der Waals surface area contributed by atoms with Gasteiger partial charge in [-0.3, -0.25) is 9.59 Å². The van der Waals surface area contributed by atoms with E-state index in [-0.39, 0.29) is 11.8 Å². The summed E-state index contributed by atoms with van der Waals surface area (Å²) >= 11 is 0. The van der Waals surface area contributed by atoms with Crippen molar-refractivity contribution >= 4 is 11.8 Å². The summed E-state index contributed by atoms with van der Waals surface area (Å²) in [5.74, 6) is 0.0433. The molecule has 4 nitrogen and oxygen atoms in total. The van der Waals surface area contributed by atoms with Crippen molar-refractivity contribution in [2.75, 3.05) is 26.7 Å². The maximum atomic E-state index is 12.7. The lowest BCUT2D eigenvalue weighted by molar-refractivity contribution is 0.0761. The molecule has 2 rings (SSSR count). The van der Waals surface area contributed by atoms with Gasteiger partial charge in [0.15, 0.2) is 0 Å². The fourth-order valence-electron chi connectivity index (χ4n) is 2.96. The molecule has 126 valence electrons. The Labute approximate surface area is 139 Å². The average molecular weight is 316 g/mol. The standard InChI is InChI=1S/C19H28N2O2/c1-3-4-12-20(2)18(22)16-10-9-11-17(15-16)19(23)21-13-7-5-6-8-14-21/h9-11,15H,3-8,12-14H2,1-2H3. The Balaban J connectivity index is 2.09. The number of hydrogen-bond acceptors (Lipinski definition) is 2. The molecule has 23 heavy (non-hydrogen) atoms. The largest absolute Gasteiger partial charge is 0.342 e. The van der Waals surface area contributed by atoms with Gasteiger partial charge in [0.2, 0.25) is 0 Å². The maximum absolute atomic E-state index is 12.7. The number of nitrogens with zero attached hydrogens (tertiary/aromatic N) is 2. The Morgan fingerprint density at radius 3 is 2.39 bits per heavy atom. The summed E-state index contributed by atoms with van der Waals surface area (Å²) < 4.78 is 0. The second-order valence-corrected chi connectivity index (χ2v) is 6.37. The van der Waals surface area contributed by atoms with Gasteiger partial charge in [0.1, 0.15) is 0 Å². The van der Waals surface area contributed by atoms with Gasteiger partial charge in [0, 0.05) is 37.8 Å². The Morgan fingerprint density at radius 2 is 1.74 bits per heavy atom. The number of hydrogen-bond donors (Lipinski definition) is 0. The summed E-state index contributed by atoms with van der Waals surface area (Å²) in [5.41, 5.74) is 1.23. The number of amides is 2. The Bertz CT molecular complexity index is 534. The molecule has 1 aliphatic rings. The Kier molecular flexibility index (Phi) is 6.63. The molecule has 0 N–H and O–H groups in total. The first-order chi connectivity index (χ1) is 11.1. The van der Waals surface area contributed by atoms with Gasteiger partial charge in [-0.05, 0) is 37.5 Å². The molecular weight excluding hydrogens is 288 g/mol. The predicted molar refractivity (Wildman–Crippen MR) is 92.7 cm³/mol. The molecule has 0 saturated carbocycles. The van der Waals surface area contributed by atoms with E-state index in [1.807, 2.05) is 24.1 Å². The van der Waals surface area contributed by atoms with Crippen LogP contribution < -0.4 is 0 Å². The first-order valence-corrected chi connectivity index (χ1v) is 8.78. The van der Waals surface area contributed by atoms with Gasteiger partial charge >= 0.3 is 0 Å². The van der Waals surface area contributed by atoms with Crippen LogP contribution in [0, 0.1) is 0 Å². The molecule has 4 heteroatoms. The zero-order chi connectivity index (χ0) is 16.7. The lowest BCUT2D eigenvalue weighted by atomic mass is 10.1. The van der Waals surface area contributed by atoms with Gasteiger partial charge in [0.25, 0.3) is 11.8 Å². The highest BCUT2D eigenvalue weighted by Gasteiger charge is 2.19. The van der Waals surface area contributed by atoms with Gasteiger partial charge in [-0.25, -0.2) is 0 Å². The summed E-state index contributed by atoms with van der Waals surface area (Å²) in [6.45, 7) is 4.51. The smallest absolute Gasteiger partial charge is 0.253 e. The van der Waals surface area contributed by atoms with Crippen molar-refractivity contribution in [2.45, 2.75) is 45.4 Å². The third-order valence-electron chi connectivity index (χ3n) is 4.44. The van der Waals surface area contributed by atoms with Crippen LogP contribution in [0.25, 0.3) is 0 Å². The van der Waals surface area contributed by atoms with E-state index < -0.39 is 0 Å². The van der Waals surface area contributed by atoms with Crippen LogP contribution in [-0.4, -0.2) is 48.3 Å². The van der Waals surface area contributed by atoms with Crippen LogP contribution in [0.2, 0.25) is 0 Å². The number of carbonyl (C=O) groups is 2. The van der Waals surface area contributed by atoms with E-state index in [1.165, 1.54) is 12.8 Å². The molecule has 1 fully saturated rings. The van der Waals surface area contributed by atoms with E-state index in [4.69, 9.17) is 0 Å². The highest BCUT2D eigenvalue weighted by molar-refractivity contribution is 5.99. The van der Waals surface area contributed by atoms with Gasteiger partial charge in [-0.15, -0.1) is 0 Å². The molecule has 0 unspecified atom stereocenters. The molecule has 1 heterocycles. The van der Waals surface area contributed by atoms with E-state index in [2.05, 4.69) is 6.92 Å². The number of benzene rings is 1. The zero-order valence-corrected chi connectivity index (χ0v) is 14.4. The van der Waals surface area contributed by atoms with Crippen molar-refractivity contribution in [3.63, 3.8) is 0 Å². The molecule has 0 radical (unpaired) electrons. The Hall–Kier alpha value is -1.84. The summed E-state index contributed by atoms with van der Waals surface area (Å²) in [4.78, 5) is 28.8. The van der Waals surface area contributed by atoms with Crippen molar-refractivity contribution in [1.82, 2.24) is 9.80 Å². The van der Waals surface area contributed by atoms with Crippen LogP contribution >= 0.6 is 0 Å². The van der Waals surface area contributed by atoms with Crippen LogP contribution in [0.1, 0.15) is 66.2 Å². The van der Waals surface area contributed by atoms with Crippen molar-refractivity contribution in [2.24, 2.45) is 0 Å². The quantitative estimate of drug-likeness (QED) is 0.833. The van der Waals surface area contributed by atoms with Crippen molar-refractivity contribution < 1.29 is 9.59 Å². The number of likely N-dealkylation sites (tertiary alicyclic amines) is 1. The molecule has 0 spiro atoms. The minimum Gasteiger partial charge on any atom is -0.342 e. The van der Waals surface area contributed by atoms with Crippen LogP contribution in [0.3, 0.4) is 0 Å².